The Morgan fingerprint density at radius 2 is 1.23 bits per heavy atom. The molecule has 0 aromatic carbocycles. The van der Waals surface area contributed by atoms with Gasteiger partial charge in [-0.1, -0.05) is 77.0 Å². The number of aliphatic carboxylic acids is 1. The molecule has 0 saturated heterocycles. The van der Waals surface area contributed by atoms with Gasteiger partial charge in [0, 0.05) is 12.0 Å². The van der Waals surface area contributed by atoms with E-state index in [1.54, 1.807) is 0 Å². The molecule has 0 aliphatic rings. The highest BCUT2D eigenvalue weighted by atomic mass is 16.4. The lowest BCUT2D eigenvalue weighted by atomic mass is 10.1. The Bertz CT molecular complexity index is 377. The second kappa shape index (κ2) is 21.5. The summed E-state index contributed by atoms with van der Waals surface area (Å²) < 4.78 is 0. The number of allylic oxidation sites excluding steroid dienone is 2. The molecule has 0 saturated carbocycles. The number of hydrogen-bond acceptors (Lipinski definition) is 2. The molecule has 3 N–H and O–H groups in total. The molecule has 0 fully saturated rings. The van der Waals surface area contributed by atoms with E-state index in [9.17, 15) is 9.59 Å². The monoisotopic (exact) mass is 367 g/mol. The van der Waals surface area contributed by atoms with Crippen LogP contribution < -0.4 is 5.73 Å². The van der Waals surface area contributed by atoms with Gasteiger partial charge in [-0.25, -0.2) is 4.79 Å². The van der Waals surface area contributed by atoms with E-state index in [4.69, 9.17) is 10.8 Å². The predicted molar refractivity (Wildman–Crippen MR) is 111 cm³/mol. The molecule has 4 heteroatoms. The van der Waals surface area contributed by atoms with Gasteiger partial charge < -0.3 is 10.8 Å². The molecular weight excluding hydrogens is 326 g/mol. The van der Waals surface area contributed by atoms with E-state index in [1.807, 2.05) is 0 Å². The summed E-state index contributed by atoms with van der Waals surface area (Å²) in [6, 6.07) is 0. The average molecular weight is 368 g/mol. The van der Waals surface area contributed by atoms with Gasteiger partial charge in [-0.15, -0.1) is 0 Å². The van der Waals surface area contributed by atoms with Gasteiger partial charge in [0.05, 0.1) is 0 Å². The minimum Gasteiger partial charge on any atom is -0.478 e. The molecule has 0 rings (SSSR count). The van der Waals surface area contributed by atoms with Gasteiger partial charge in [0.15, 0.2) is 0 Å². The minimum atomic E-state index is -0.935. The maximum Gasteiger partial charge on any atom is 0.330 e. The highest BCUT2D eigenvalue weighted by Crippen LogP contribution is 2.09. The lowest BCUT2D eigenvalue weighted by molar-refractivity contribution is -0.132. The lowest BCUT2D eigenvalue weighted by Crippen LogP contribution is -2.09. The van der Waals surface area contributed by atoms with Crippen LogP contribution in [0.25, 0.3) is 0 Å². The third-order valence-corrected chi connectivity index (χ3v) is 4.05. The van der Waals surface area contributed by atoms with E-state index in [2.05, 4.69) is 25.7 Å². The number of amides is 1. The largest absolute Gasteiger partial charge is 0.478 e. The normalized spacial score (nSPS) is 10.4. The highest BCUT2D eigenvalue weighted by molar-refractivity contribution is 5.84. The lowest BCUT2D eigenvalue weighted by Gasteiger charge is -1.99. The molecule has 0 bridgehead atoms. The van der Waals surface area contributed by atoms with Crippen LogP contribution in [0.5, 0.6) is 0 Å². The van der Waals surface area contributed by atoms with Crippen LogP contribution >= 0.6 is 0 Å². The molecule has 0 aromatic rings. The molecule has 0 unspecified atom stereocenters. The van der Waals surface area contributed by atoms with Crippen molar-refractivity contribution in [3.63, 3.8) is 0 Å². The zero-order valence-corrected chi connectivity index (χ0v) is 17.1. The van der Waals surface area contributed by atoms with Gasteiger partial charge in [-0.2, -0.15) is 0 Å². The molecular formula is C22H41NO3. The number of nitrogens with two attached hydrogens (primary N) is 1. The molecule has 0 aliphatic carbocycles. The van der Waals surface area contributed by atoms with Crippen LogP contribution in [-0.2, 0) is 9.59 Å². The molecule has 0 aliphatic heterocycles. The van der Waals surface area contributed by atoms with Crippen LogP contribution in [0.1, 0.15) is 104 Å². The number of carbonyl (C=O) groups is 2. The standard InChI is InChI=1S/C18H35NO.C4H6O2/c1-2-3-4-5-6-7-8-9-10-11-12-13-14-15-16-17-18(19)20;1-3(2)4(5)6/h9-10H,2-8,11-17H2,1H3,(H2,19,20);1H2,2H3,(H,5,6)/b10-9-;. The van der Waals surface area contributed by atoms with Crippen molar-refractivity contribution in [2.75, 3.05) is 0 Å². The molecule has 152 valence electrons. The van der Waals surface area contributed by atoms with E-state index in [0.29, 0.717) is 6.42 Å². The third kappa shape index (κ3) is 27.3. The number of primary amides is 1. The number of carbonyl (C=O) groups excluding carboxylic acids is 1. The number of carboxylic acid groups (broad SMARTS) is 1. The van der Waals surface area contributed by atoms with Crippen molar-refractivity contribution >= 4 is 11.9 Å². The molecule has 0 atom stereocenters. The molecule has 1 amide bonds. The SMILES string of the molecule is C=C(C)C(=O)O.CCCCCCCC/C=C\CCCCCCCC(N)=O. The van der Waals surface area contributed by atoms with Crippen LogP contribution in [0.15, 0.2) is 24.3 Å². The first kappa shape index (κ1) is 26.6. The number of rotatable bonds is 16. The summed E-state index contributed by atoms with van der Waals surface area (Å²) in [7, 11) is 0. The number of unbranched alkanes of at least 4 members (excludes halogenated alkanes) is 11. The maximum atomic E-state index is 10.5. The Morgan fingerprint density at radius 1 is 0.846 bits per heavy atom. The molecule has 4 nitrogen and oxygen atoms in total. The van der Waals surface area contributed by atoms with Crippen LogP contribution in [0.3, 0.4) is 0 Å². The van der Waals surface area contributed by atoms with Crippen molar-refractivity contribution < 1.29 is 14.7 Å². The van der Waals surface area contributed by atoms with Crippen molar-refractivity contribution in [3.05, 3.63) is 24.3 Å². The van der Waals surface area contributed by atoms with E-state index in [-0.39, 0.29) is 11.5 Å². The molecule has 26 heavy (non-hydrogen) atoms. The second-order valence-corrected chi connectivity index (χ2v) is 6.89. The Balaban J connectivity index is 0. The quantitative estimate of drug-likeness (QED) is 0.195. The summed E-state index contributed by atoms with van der Waals surface area (Å²) in [4.78, 5) is 20.1. The van der Waals surface area contributed by atoms with Crippen LogP contribution in [0, 0.1) is 0 Å². The van der Waals surface area contributed by atoms with Gasteiger partial charge in [0.2, 0.25) is 5.91 Å². The van der Waals surface area contributed by atoms with Crippen LogP contribution in [0.2, 0.25) is 0 Å². The summed E-state index contributed by atoms with van der Waals surface area (Å²) >= 11 is 0. The summed E-state index contributed by atoms with van der Waals surface area (Å²) in [6.07, 6.45) is 21.9. The molecule has 0 radical (unpaired) electrons. The Hall–Kier alpha value is -1.58. The van der Waals surface area contributed by atoms with E-state index >= 15 is 0 Å². The molecule has 0 aromatic heterocycles. The Morgan fingerprint density at radius 3 is 1.62 bits per heavy atom. The predicted octanol–water partition coefficient (Wildman–Crippen LogP) is 6.16. The van der Waals surface area contributed by atoms with Gasteiger partial charge in [-0.05, 0) is 39.0 Å². The minimum absolute atomic E-state index is 0.164. The fourth-order valence-corrected chi connectivity index (χ4v) is 2.37. The van der Waals surface area contributed by atoms with Crippen LogP contribution in [-0.4, -0.2) is 17.0 Å². The second-order valence-electron chi connectivity index (χ2n) is 6.89. The van der Waals surface area contributed by atoms with Crippen molar-refractivity contribution in [3.8, 4) is 0 Å². The third-order valence-electron chi connectivity index (χ3n) is 4.05. The van der Waals surface area contributed by atoms with Gasteiger partial charge >= 0.3 is 5.97 Å². The van der Waals surface area contributed by atoms with E-state index < -0.39 is 5.97 Å². The van der Waals surface area contributed by atoms with Crippen molar-refractivity contribution in [1.29, 1.82) is 0 Å². The van der Waals surface area contributed by atoms with Gasteiger partial charge in [0.25, 0.3) is 0 Å². The van der Waals surface area contributed by atoms with Crippen molar-refractivity contribution in [2.24, 2.45) is 5.73 Å². The first-order valence-electron chi connectivity index (χ1n) is 10.2. The fourth-order valence-electron chi connectivity index (χ4n) is 2.37. The first-order chi connectivity index (χ1) is 12.4. The summed E-state index contributed by atoms with van der Waals surface area (Å²) in [5.74, 6) is -1.10. The molecule has 0 heterocycles. The fraction of sp³-hybridized carbons (Fsp3) is 0.727. The topological polar surface area (TPSA) is 80.4 Å². The van der Waals surface area contributed by atoms with Crippen LogP contribution in [0.4, 0.5) is 0 Å². The highest BCUT2D eigenvalue weighted by Gasteiger charge is 1.94. The Labute approximate surface area is 160 Å². The van der Waals surface area contributed by atoms with Gasteiger partial charge in [-0.3, -0.25) is 4.79 Å². The van der Waals surface area contributed by atoms with E-state index in [0.717, 1.165) is 12.8 Å². The van der Waals surface area contributed by atoms with Crippen molar-refractivity contribution in [1.82, 2.24) is 0 Å². The average Bonchev–Trinajstić information content (AvgIpc) is 2.58. The summed E-state index contributed by atoms with van der Waals surface area (Å²) in [6.45, 7) is 6.87. The smallest absolute Gasteiger partial charge is 0.330 e. The Kier molecular flexibility index (Phi) is 22.0. The first-order valence-corrected chi connectivity index (χ1v) is 10.2. The zero-order valence-electron chi connectivity index (χ0n) is 17.1. The van der Waals surface area contributed by atoms with Gasteiger partial charge in [0.1, 0.15) is 0 Å². The molecule has 0 spiro atoms. The summed E-state index contributed by atoms with van der Waals surface area (Å²) in [5, 5.41) is 7.89. The zero-order chi connectivity index (χ0) is 20.0. The maximum absolute atomic E-state index is 10.5. The summed E-state index contributed by atoms with van der Waals surface area (Å²) in [5.41, 5.74) is 5.27. The number of hydrogen-bond donors (Lipinski definition) is 2. The van der Waals surface area contributed by atoms with Crippen molar-refractivity contribution in [2.45, 2.75) is 104 Å². The number of carboxylic acids is 1. The van der Waals surface area contributed by atoms with E-state index in [1.165, 1.54) is 77.6 Å².